The third-order valence-electron chi connectivity index (χ3n) is 5.54. The fourth-order valence-corrected chi connectivity index (χ4v) is 3.94. The number of carbonyl (C=O) groups is 2. The van der Waals surface area contributed by atoms with Crippen molar-refractivity contribution in [3.8, 4) is 16.9 Å². The van der Waals surface area contributed by atoms with Gasteiger partial charge in [0.25, 0.3) is 0 Å². The van der Waals surface area contributed by atoms with Crippen molar-refractivity contribution in [2.75, 3.05) is 23.8 Å². The molecule has 0 saturated heterocycles. The molecule has 8 nitrogen and oxygen atoms in total. The zero-order valence-corrected chi connectivity index (χ0v) is 20.8. The van der Waals surface area contributed by atoms with E-state index in [1.807, 2.05) is 81.4 Å². The second-order valence-electron chi connectivity index (χ2n) is 9.30. The van der Waals surface area contributed by atoms with Gasteiger partial charge in [-0.1, -0.05) is 69.3 Å². The Morgan fingerprint density at radius 3 is 2.50 bits per heavy atom. The van der Waals surface area contributed by atoms with Gasteiger partial charge in [0, 0.05) is 16.4 Å². The summed E-state index contributed by atoms with van der Waals surface area (Å²) in [4.78, 5) is 24.7. The van der Waals surface area contributed by atoms with Crippen molar-refractivity contribution >= 4 is 34.3 Å². The molecule has 8 heteroatoms. The molecule has 0 saturated carbocycles. The SMILES string of the molecule is CCOC(=O)COc1cccc(-c2c(C(C)(C)C)n[nH]c2NC(=O)Nc2cccc3ccccc23)c1. The lowest BCUT2D eigenvalue weighted by Crippen LogP contribution is -2.20. The Hall–Kier alpha value is -4.33. The van der Waals surface area contributed by atoms with Gasteiger partial charge in [-0.2, -0.15) is 5.10 Å². The number of aromatic nitrogens is 2. The summed E-state index contributed by atoms with van der Waals surface area (Å²) in [5, 5.41) is 15.3. The first-order valence-corrected chi connectivity index (χ1v) is 11.8. The van der Waals surface area contributed by atoms with Crippen molar-refractivity contribution in [1.29, 1.82) is 0 Å². The van der Waals surface area contributed by atoms with Gasteiger partial charge in [-0.3, -0.25) is 10.4 Å². The molecule has 0 aliphatic heterocycles. The molecular formula is C28H30N4O4. The summed E-state index contributed by atoms with van der Waals surface area (Å²) >= 11 is 0. The number of esters is 1. The van der Waals surface area contributed by atoms with Gasteiger partial charge >= 0.3 is 12.0 Å². The zero-order chi connectivity index (χ0) is 25.7. The van der Waals surface area contributed by atoms with E-state index >= 15 is 0 Å². The number of fused-ring (bicyclic) bond motifs is 1. The van der Waals surface area contributed by atoms with E-state index in [2.05, 4.69) is 20.8 Å². The predicted molar refractivity (Wildman–Crippen MR) is 141 cm³/mol. The molecule has 4 aromatic rings. The second kappa shape index (κ2) is 10.5. The Labute approximate surface area is 210 Å². The Kier molecular flexibility index (Phi) is 7.24. The molecule has 0 unspecified atom stereocenters. The van der Waals surface area contributed by atoms with E-state index in [0.29, 0.717) is 23.9 Å². The number of nitrogens with one attached hydrogen (secondary N) is 3. The lowest BCUT2D eigenvalue weighted by atomic mass is 9.87. The number of benzene rings is 3. The summed E-state index contributed by atoms with van der Waals surface area (Å²) in [6.07, 6.45) is 0. The minimum Gasteiger partial charge on any atom is -0.482 e. The normalized spacial score (nSPS) is 11.2. The Bertz CT molecular complexity index is 1380. The van der Waals surface area contributed by atoms with Crippen LogP contribution in [0.15, 0.2) is 66.7 Å². The average molecular weight is 487 g/mol. The molecule has 186 valence electrons. The summed E-state index contributed by atoms with van der Waals surface area (Å²) in [6.45, 7) is 8.00. The Balaban J connectivity index is 1.61. The van der Waals surface area contributed by atoms with E-state index in [1.54, 1.807) is 13.0 Å². The van der Waals surface area contributed by atoms with Gasteiger partial charge in [-0.15, -0.1) is 0 Å². The summed E-state index contributed by atoms with van der Waals surface area (Å²) in [5.41, 5.74) is 2.72. The molecule has 1 heterocycles. The highest BCUT2D eigenvalue weighted by molar-refractivity contribution is 6.07. The van der Waals surface area contributed by atoms with E-state index in [0.717, 1.165) is 27.6 Å². The highest BCUT2D eigenvalue weighted by Crippen LogP contribution is 2.38. The van der Waals surface area contributed by atoms with Crippen LogP contribution in [0.25, 0.3) is 21.9 Å². The number of nitrogens with zero attached hydrogens (tertiary/aromatic N) is 1. The minimum atomic E-state index is -0.436. The smallest absolute Gasteiger partial charge is 0.344 e. The van der Waals surface area contributed by atoms with Gasteiger partial charge in [0.1, 0.15) is 11.6 Å². The maximum absolute atomic E-state index is 13.0. The first-order chi connectivity index (χ1) is 17.3. The van der Waals surface area contributed by atoms with Crippen LogP contribution in [0.4, 0.5) is 16.3 Å². The van der Waals surface area contributed by atoms with E-state index in [4.69, 9.17) is 9.47 Å². The van der Waals surface area contributed by atoms with Crippen LogP contribution >= 0.6 is 0 Å². The molecule has 1 aromatic heterocycles. The van der Waals surface area contributed by atoms with Gasteiger partial charge in [0.15, 0.2) is 6.61 Å². The Morgan fingerprint density at radius 1 is 0.972 bits per heavy atom. The standard InChI is InChI=1S/C28H30N4O4/c1-5-35-23(33)17-36-20-13-8-12-19(16-20)24-25(28(2,3)4)31-32-26(24)30-27(34)29-22-15-9-11-18-10-6-7-14-21(18)22/h6-16H,5,17H2,1-4H3,(H3,29,30,31,32,34). The van der Waals surface area contributed by atoms with Crippen LogP contribution in [-0.2, 0) is 14.9 Å². The number of aromatic amines is 1. The van der Waals surface area contributed by atoms with Crippen LogP contribution in [0, 0.1) is 0 Å². The zero-order valence-electron chi connectivity index (χ0n) is 20.8. The number of amides is 2. The Morgan fingerprint density at radius 2 is 1.72 bits per heavy atom. The fraction of sp³-hybridized carbons (Fsp3) is 0.250. The highest BCUT2D eigenvalue weighted by Gasteiger charge is 2.26. The average Bonchev–Trinajstić information content (AvgIpc) is 3.27. The number of carbonyl (C=O) groups excluding carboxylic acids is 2. The van der Waals surface area contributed by atoms with Crippen LogP contribution in [0.5, 0.6) is 5.75 Å². The summed E-state index contributed by atoms with van der Waals surface area (Å²) in [6, 6.07) is 20.5. The van der Waals surface area contributed by atoms with Crippen LogP contribution < -0.4 is 15.4 Å². The number of ether oxygens (including phenoxy) is 2. The topological polar surface area (TPSA) is 105 Å². The van der Waals surface area contributed by atoms with Crippen molar-refractivity contribution in [2.24, 2.45) is 0 Å². The van der Waals surface area contributed by atoms with Crippen LogP contribution in [-0.4, -0.2) is 35.4 Å². The highest BCUT2D eigenvalue weighted by atomic mass is 16.6. The third kappa shape index (κ3) is 5.66. The second-order valence-corrected chi connectivity index (χ2v) is 9.30. The number of H-pyrrole nitrogens is 1. The first-order valence-electron chi connectivity index (χ1n) is 11.8. The van der Waals surface area contributed by atoms with Crippen LogP contribution in [0.3, 0.4) is 0 Å². The molecule has 36 heavy (non-hydrogen) atoms. The number of urea groups is 1. The molecule has 0 aliphatic carbocycles. The number of hydrogen-bond donors (Lipinski definition) is 3. The van der Waals surface area contributed by atoms with E-state index in [-0.39, 0.29) is 12.0 Å². The molecule has 3 N–H and O–H groups in total. The summed E-state index contributed by atoms with van der Waals surface area (Å²) < 4.78 is 10.6. The van der Waals surface area contributed by atoms with Gasteiger partial charge < -0.3 is 14.8 Å². The van der Waals surface area contributed by atoms with E-state index in [9.17, 15) is 9.59 Å². The van der Waals surface area contributed by atoms with Crippen molar-refractivity contribution in [3.05, 3.63) is 72.4 Å². The molecule has 0 aliphatic rings. The summed E-state index contributed by atoms with van der Waals surface area (Å²) in [5.74, 6) is 0.530. The maximum Gasteiger partial charge on any atom is 0.344 e. The molecule has 2 amide bonds. The van der Waals surface area contributed by atoms with E-state index in [1.165, 1.54) is 0 Å². The molecule has 0 radical (unpaired) electrons. The van der Waals surface area contributed by atoms with Crippen LogP contribution in [0.1, 0.15) is 33.4 Å². The predicted octanol–water partition coefficient (Wildman–Crippen LogP) is 6.11. The fourth-order valence-electron chi connectivity index (χ4n) is 3.94. The van der Waals surface area contributed by atoms with Crippen molar-refractivity contribution in [2.45, 2.75) is 33.1 Å². The third-order valence-corrected chi connectivity index (χ3v) is 5.54. The van der Waals surface area contributed by atoms with Gasteiger partial charge in [-0.05, 0) is 36.1 Å². The molecule has 0 atom stereocenters. The molecule has 3 aromatic carbocycles. The molecule has 0 bridgehead atoms. The van der Waals surface area contributed by atoms with Gasteiger partial charge in [0.05, 0.1) is 18.0 Å². The van der Waals surface area contributed by atoms with Crippen molar-refractivity contribution < 1.29 is 19.1 Å². The lowest BCUT2D eigenvalue weighted by molar-refractivity contribution is -0.145. The van der Waals surface area contributed by atoms with Gasteiger partial charge in [-0.25, -0.2) is 9.59 Å². The van der Waals surface area contributed by atoms with Crippen molar-refractivity contribution in [3.63, 3.8) is 0 Å². The summed E-state index contributed by atoms with van der Waals surface area (Å²) in [7, 11) is 0. The molecule has 0 fully saturated rings. The molecular weight excluding hydrogens is 456 g/mol. The maximum atomic E-state index is 13.0. The first kappa shape index (κ1) is 24.8. The number of hydrogen-bond acceptors (Lipinski definition) is 5. The van der Waals surface area contributed by atoms with E-state index < -0.39 is 12.0 Å². The lowest BCUT2D eigenvalue weighted by Gasteiger charge is -2.19. The minimum absolute atomic E-state index is 0.187. The molecule has 4 rings (SSSR count). The quantitative estimate of drug-likeness (QED) is 0.273. The number of rotatable bonds is 7. The van der Waals surface area contributed by atoms with Crippen LogP contribution in [0.2, 0.25) is 0 Å². The monoisotopic (exact) mass is 486 g/mol. The largest absolute Gasteiger partial charge is 0.482 e. The van der Waals surface area contributed by atoms with Gasteiger partial charge in [0.2, 0.25) is 0 Å². The number of anilines is 2. The van der Waals surface area contributed by atoms with Crippen molar-refractivity contribution in [1.82, 2.24) is 10.2 Å². The molecule has 0 spiro atoms.